The molecule has 0 bridgehead atoms. The first-order valence-electron chi connectivity index (χ1n) is 7.51. The highest BCUT2D eigenvalue weighted by Crippen LogP contribution is 2.30. The molecule has 0 saturated heterocycles. The number of carbonyl (C=O) groups excluding carboxylic acids is 1. The summed E-state index contributed by atoms with van der Waals surface area (Å²) in [5.41, 5.74) is -0.455. The van der Waals surface area contributed by atoms with Crippen LogP contribution in [0.3, 0.4) is 0 Å². The molecule has 27 heavy (non-hydrogen) atoms. The standard InChI is InChI=1S/C19H13ClFN3O3/c1-10-5-11(6-12(8-22)17(10)25)18(26)14(9-23)19(27)24(2)16-7-13(21)3-4-15(16)20/h3-7,25-26H,1-2H3/b18-14-. The van der Waals surface area contributed by atoms with Crippen molar-refractivity contribution in [3.8, 4) is 17.9 Å². The van der Waals surface area contributed by atoms with Gasteiger partial charge in [-0.2, -0.15) is 10.5 Å². The van der Waals surface area contributed by atoms with Gasteiger partial charge < -0.3 is 15.1 Å². The number of phenolic OH excluding ortho intramolecular Hbond substituents is 1. The summed E-state index contributed by atoms with van der Waals surface area (Å²) in [6, 6.07) is 9.24. The molecule has 0 radical (unpaired) electrons. The third-order valence-corrected chi connectivity index (χ3v) is 4.15. The zero-order valence-corrected chi connectivity index (χ0v) is 15.0. The second kappa shape index (κ2) is 7.77. The Morgan fingerprint density at radius 1 is 1.26 bits per heavy atom. The fourth-order valence-electron chi connectivity index (χ4n) is 2.37. The number of aliphatic hydroxyl groups is 1. The number of amides is 1. The van der Waals surface area contributed by atoms with Crippen LogP contribution in [0, 0.1) is 35.4 Å². The van der Waals surface area contributed by atoms with E-state index in [1.165, 1.54) is 26.1 Å². The smallest absolute Gasteiger partial charge is 0.272 e. The van der Waals surface area contributed by atoms with Crippen LogP contribution in [0.15, 0.2) is 35.9 Å². The van der Waals surface area contributed by atoms with Crippen molar-refractivity contribution < 1.29 is 19.4 Å². The summed E-state index contributed by atoms with van der Waals surface area (Å²) in [7, 11) is 1.27. The third kappa shape index (κ3) is 3.84. The maximum Gasteiger partial charge on any atom is 0.272 e. The molecule has 1 amide bonds. The Morgan fingerprint density at radius 3 is 2.52 bits per heavy atom. The second-order valence-corrected chi connectivity index (χ2v) is 6.00. The molecule has 0 unspecified atom stereocenters. The van der Waals surface area contributed by atoms with Crippen LogP contribution in [0.1, 0.15) is 16.7 Å². The Kier molecular flexibility index (Phi) is 5.69. The van der Waals surface area contributed by atoms with Gasteiger partial charge in [-0.15, -0.1) is 0 Å². The van der Waals surface area contributed by atoms with E-state index in [0.717, 1.165) is 23.1 Å². The molecule has 0 spiro atoms. The molecular formula is C19H13ClFN3O3. The van der Waals surface area contributed by atoms with E-state index < -0.39 is 23.1 Å². The predicted molar refractivity (Wildman–Crippen MR) is 97.5 cm³/mol. The normalized spacial score (nSPS) is 11.2. The molecule has 8 heteroatoms. The molecule has 0 atom stereocenters. The van der Waals surface area contributed by atoms with Crippen LogP contribution in [0.4, 0.5) is 10.1 Å². The van der Waals surface area contributed by atoms with E-state index in [-0.39, 0.29) is 33.1 Å². The number of hydrogen-bond acceptors (Lipinski definition) is 5. The molecule has 2 aromatic rings. The summed E-state index contributed by atoms with van der Waals surface area (Å²) in [6.07, 6.45) is 0. The molecule has 0 heterocycles. The largest absolute Gasteiger partial charge is 0.506 e. The molecule has 2 N–H and O–H groups in total. The Morgan fingerprint density at radius 2 is 1.93 bits per heavy atom. The number of aryl methyl sites for hydroxylation is 1. The lowest BCUT2D eigenvalue weighted by atomic mass is 10.0. The van der Waals surface area contributed by atoms with Crippen molar-refractivity contribution in [1.82, 2.24) is 0 Å². The third-order valence-electron chi connectivity index (χ3n) is 3.83. The molecule has 0 aromatic heterocycles. The van der Waals surface area contributed by atoms with Crippen molar-refractivity contribution in [1.29, 1.82) is 10.5 Å². The zero-order valence-electron chi connectivity index (χ0n) is 14.3. The van der Waals surface area contributed by atoms with Crippen LogP contribution in [-0.4, -0.2) is 23.2 Å². The fraction of sp³-hybridized carbons (Fsp3) is 0.105. The average molecular weight is 386 g/mol. The lowest BCUT2D eigenvalue weighted by Crippen LogP contribution is -2.28. The minimum Gasteiger partial charge on any atom is -0.506 e. The summed E-state index contributed by atoms with van der Waals surface area (Å²) >= 11 is 5.97. The van der Waals surface area contributed by atoms with Gasteiger partial charge in [0.05, 0.1) is 16.3 Å². The van der Waals surface area contributed by atoms with Crippen molar-refractivity contribution >= 4 is 29.0 Å². The van der Waals surface area contributed by atoms with Crippen molar-refractivity contribution in [2.45, 2.75) is 6.92 Å². The average Bonchev–Trinajstić information content (AvgIpc) is 2.65. The fourth-order valence-corrected chi connectivity index (χ4v) is 2.61. The Labute approximate surface area is 159 Å². The minimum absolute atomic E-state index is 0.00508. The van der Waals surface area contributed by atoms with Crippen LogP contribution in [0.5, 0.6) is 5.75 Å². The molecule has 2 aromatic carbocycles. The van der Waals surface area contributed by atoms with Gasteiger partial charge in [0, 0.05) is 12.6 Å². The first kappa shape index (κ1) is 19.8. The monoisotopic (exact) mass is 385 g/mol. The van der Waals surface area contributed by atoms with E-state index in [0.29, 0.717) is 0 Å². The highest BCUT2D eigenvalue weighted by molar-refractivity contribution is 6.34. The number of aromatic hydroxyl groups is 1. The van der Waals surface area contributed by atoms with E-state index in [9.17, 15) is 24.7 Å². The lowest BCUT2D eigenvalue weighted by Gasteiger charge is -2.19. The number of carbonyl (C=O) groups is 1. The first-order valence-corrected chi connectivity index (χ1v) is 7.89. The van der Waals surface area contributed by atoms with Gasteiger partial charge in [0.25, 0.3) is 5.91 Å². The lowest BCUT2D eigenvalue weighted by molar-refractivity contribution is -0.114. The number of hydrogen-bond donors (Lipinski definition) is 2. The molecule has 0 fully saturated rings. The summed E-state index contributed by atoms with van der Waals surface area (Å²) in [6.45, 7) is 1.50. The van der Waals surface area contributed by atoms with Crippen LogP contribution in [0.25, 0.3) is 5.76 Å². The molecule has 0 saturated carbocycles. The highest BCUT2D eigenvalue weighted by atomic mass is 35.5. The number of halogens is 2. The number of phenols is 1. The van der Waals surface area contributed by atoms with Crippen LogP contribution < -0.4 is 4.90 Å². The van der Waals surface area contributed by atoms with Crippen LogP contribution >= 0.6 is 11.6 Å². The number of aliphatic hydroxyl groups excluding tert-OH is 1. The number of anilines is 1. The molecule has 2 rings (SSSR count). The van der Waals surface area contributed by atoms with E-state index in [4.69, 9.17) is 16.9 Å². The molecule has 6 nitrogen and oxygen atoms in total. The molecule has 0 aliphatic carbocycles. The van der Waals surface area contributed by atoms with Gasteiger partial charge >= 0.3 is 0 Å². The summed E-state index contributed by atoms with van der Waals surface area (Å²) in [4.78, 5) is 13.6. The SMILES string of the molecule is Cc1cc(/C(O)=C(\C#N)C(=O)N(C)c2cc(F)ccc2Cl)cc(C#N)c1O. The van der Waals surface area contributed by atoms with E-state index in [1.807, 2.05) is 0 Å². The van der Waals surface area contributed by atoms with Gasteiger partial charge in [-0.25, -0.2) is 4.39 Å². The van der Waals surface area contributed by atoms with Crippen molar-refractivity contribution in [2.24, 2.45) is 0 Å². The maximum absolute atomic E-state index is 13.5. The van der Waals surface area contributed by atoms with Crippen molar-refractivity contribution in [3.05, 3.63) is 63.4 Å². The second-order valence-electron chi connectivity index (χ2n) is 5.60. The topological polar surface area (TPSA) is 108 Å². The van der Waals surface area contributed by atoms with Gasteiger partial charge in [0.15, 0.2) is 5.57 Å². The highest BCUT2D eigenvalue weighted by Gasteiger charge is 2.24. The summed E-state index contributed by atoms with van der Waals surface area (Å²) in [5.74, 6) is -2.50. The van der Waals surface area contributed by atoms with E-state index in [2.05, 4.69) is 0 Å². The van der Waals surface area contributed by atoms with Crippen LogP contribution in [0.2, 0.25) is 5.02 Å². The zero-order chi connectivity index (χ0) is 20.3. The Balaban J connectivity index is 2.56. The van der Waals surface area contributed by atoms with Crippen molar-refractivity contribution in [3.63, 3.8) is 0 Å². The Hall–Kier alpha value is -3.55. The van der Waals surface area contributed by atoms with Gasteiger partial charge in [0.1, 0.15) is 29.5 Å². The van der Waals surface area contributed by atoms with Gasteiger partial charge in [-0.05, 0) is 42.8 Å². The quantitative estimate of drug-likeness (QED) is 0.474. The van der Waals surface area contributed by atoms with Crippen molar-refractivity contribution in [2.75, 3.05) is 11.9 Å². The summed E-state index contributed by atoms with van der Waals surface area (Å²) < 4.78 is 13.5. The predicted octanol–water partition coefficient (Wildman–Crippen LogP) is 3.82. The molecular weight excluding hydrogens is 373 g/mol. The number of nitrogens with zero attached hydrogens (tertiary/aromatic N) is 3. The van der Waals surface area contributed by atoms with Gasteiger partial charge in [-0.3, -0.25) is 4.79 Å². The molecule has 136 valence electrons. The van der Waals surface area contributed by atoms with Gasteiger partial charge in [-0.1, -0.05) is 11.6 Å². The molecule has 0 aliphatic heterocycles. The van der Waals surface area contributed by atoms with Crippen LogP contribution in [-0.2, 0) is 4.79 Å². The number of likely N-dealkylation sites (N-methyl/N-ethyl adjacent to an activating group) is 1. The van der Waals surface area contributed by atoms with E-state index in [1.54, 1.807) is 12.1 Å². The summed E-state index contributed by atoms with van der Waals surface area (Å²) in [5, 5.41) is 38.7. The Bertz CT molecular complexity index is 1050. The minimum atomic E-state index is -0.924. The number of rotatable bonds is 3. The number of nitriles is 2. The first-order chi connectivity index (χ1) is 12.7. The number of benzene rings is 2. The van der Waals surface area contributed by atoms with Gasteiger partial charge in [0.2, 0.25) is 0 Å². The maximum atomic E-state index is 13.5. The molecule has 0 aliphatic rings. The van der Waals surface area contributed by atoms with E-state index >= 15 is 0 Å².